The van der Waals surface area contributed by atoms with Crippen LogP contribution in [-0.2, 0) is 9.53 Å². The summed E-state index contributed by atoms with van der Waals surface area (Å²) in [5, 5.41) is 16.1. The van der Waals surface area contributed by atoms with Gasteiger partial charge < -0.3 is 10.5 Å². The van der Waals surface area contributed by atoms with Crippen LogP contribution in [-0.4, -0.2) is 16.0 Å². The normalized spacial score (nSPS) is 24.4. The van der Waals surface area contributed by atoms with Crippen molar-refractivity contribution in [2.45, 2.75) is 32.6 Å². The van der Waals surface area contributed by atoms with Crippen LogP contribution in [0.2, 0.25) is 0 Å². The smallest absolute Gasteiger partial charge is 0.205 e. The molecule has 3 N–H and O–H groups in total. The van der Waals surface area contributed by atoms with Gasteiger partial charge in [0, 0.05) is 30.3 Å². The number of nitrogens with zero attached hydrogens (tertiary/aromatic N) is 2. The van der Waals surface area contributed by atoms with E-state index in [9.17, 15) is 10.1 Å². The average Bonchev–Trinajstić information content (AvgIpc) is 2.88. The number of aromatic nitrogens is 2. The lowest BCUT2D eigenvalue weighted by atomic mass is 9.71. The van der Waals surface area contributed by atoms with E-state index in [1.807, 2.05) is 13.8 Å². The number of hydrogen-bond acceptors (Lipinski definition) is 5. The van der Waals surface area contributed by atoms with Crippen LogP contribution in [0.4, 0.5) is 0 Å². The average molecular weight is 284 g/mol. The van der Waals surface area contributed by atoms with Crippen LogP contribution < -0.4 is 5.73 Å². The Labute approximate surface area is 122 Å². The molecule has 0 saturated heterocycles. The molecular weight excluding hydrogens is 268 g/mol. The third-order valence-electron chi connectivity index (χ3n) is 3.91. The van der Waals surface area contributed by atoms with Gasteiger partial charge in [-0.15, -0.1) is 0 Å². The zero-order valence-electron chi connectivity index (χ0n) is 11.9. The minimum Gasteiger partial charge on any atom is -0.444 e. The predicted octanol–water partition coefficient (Wildman–Crippen LogP) is 1.86. The van der Waals surface area contributed by atoms with Gasteiger partial charge in [0.15, 0.2) is 5.78 Å². The molecule has 0 spiro atoms. The first-order valence-electron chi connectivity index (χ1n) is 6.76. The molecule has 0 fully saturated rings. The fourth-order valence-electron chi connectivity index (χ4n) is 3.02. The highest BCUT2D eigenvalue weighted by molar-refractivity contribution is 5.99. The number of ketones is 1. The molecule has 2 aliphatic rings. The van der Waals surface area contributed by atoms with Gasteiger partial charge >= 0.3 is 0 Å². The second kappa shape index (κ2) is 4.48. The summed E-state index contributed by atoms with van der Waals surface area (Å²) < 4.78 is 5.59. The molecule has 1 aromatic rings. The highest BCUT2D eigenvalue weighted by Gasteiger charge is 2.43. The Kier molecular flexibility index (Phi) is 2.87. The van der Waals surface area contributed by atoms with E-state index in [0.717, 1.165) is 0 Å². The molecule has 0 amide bonds. The lowest BCUT2D eigenvalue weighted by Gasteiger charge is -2.36. The van der Waals surface area contributed by atoms with Crippen LogP contribution in [0.1, 0.15) is 38.3 Å². The van der Waals surface area contributed by atoms with Gasteiger partial charge in [-0.05, 0) is 11.5 Å². The summed E-state index contributed by atoms with van der Waals surface area (Å²) in [4.78, 5) is 12.6. The first kappa shape index (κ1) is 13.4. The Morgan fingerprint density at radius 3 is 2.90 bits per heavy atom. The summed E-state index contributed by atoms with van der Waals surface area (Å²) in [6.07, 6.45) is 2.64. The Hall–Kier alpha value is -2.55. The zero-order chi connectivity index (χ0) is 15.2. The summed E-state index contributed by atoms with van der Waals surface area (Å²) >= 11 is 0. The van der Waals surface area contributed by atoms with Crippen LogP contribution in [0.15, 0.2) is 35.1 Å². The van der Waals surface area contributed by atoms with Crippen molar-refractivity contribution in [1.82, 2.24) is 10.2 Å². The number of carbonyl (C=O) groups is 1. The number of hydrogen-bond donors (Lipinski definition) is 2. The van der Waals surface area contributed by atoms with Crippen LogP contribution in [0.25, 0.3) is 0 Å². The van der Waals surface area contributed by atoms with E-state index in [0.29, 0.717) is 29.9 Å². The van der Waals surface area contributed by atoms with Gasteiger partial charge in [-0.3, -0.25) is 9.89 Å². The van der Waals surface area contributed by atoms with E-state index in [2.05, 4.69) is 16.3 Å². The van der Waals surface area contributed by atoms with Crippen LogP contribution in [0, 0.1) is 16.7 Å². The summed E-state index contributed by atoms with van der Waals surface area (Å²) in [5.41, 5.74) is 7.18. The van der Waals surface area contributed by atoms with Gasteiger partial charge in [-0.1, -0.05) is 13.8 Å². The number of ether oxygens (including phenoxy) is 1. The maximum atomic E-state index is 12.6. The van der Waals surface area contributed by atoms with Crippen molar-refractivity contribution in [3.63, 3.8) is 0 Å². The van der Waals surface area contributed by atoms with Crippen molar-refractivity contribution in [3.05, 3.63) is 40.7 Å². The molecule has 1 unspecified atom stereocenters. The second-order valence-electron chi connectivity index (χ2n) is 6.21. The molecular formula is C15H16N4O2. The van der Waals surface area contributed by atoms with Crippen molar-refractivity contribution in [1.29, 1.82) is 5.26 Å². The molecule has 1 aromatic heterocycles. The van der Waals surface area contributed by atoms with Crippen molar-refractivity contribution in [2.24, 2.45) is 11.1 Å². The van der Waals surface area contributed by atoms with Crippen LogP contribution in [0.5, 0.6) is 0 Å². The van der Waals surface area contributed by atoms with Gasteiger partial charge in [-0.25, -0.2) is 0 Å². The lowest BCUT2D eigenvalue weighted by Crippen LogP contribution is -2.33. The minimum atomic E-state index is -0.509. The lowest BCUT2D eigenvalue weighted by molar-refractivity contribution is -0.119. The highest BCUT2D eigenvalue weighted by Crippen LogP contribution is 2.47. The molecule has 1 aliphatic heterocycles. The third-order valence-corrected chi connectivity index (χ3v) is 3.91. The molecule has 0 saturated carbocycles. The number of allylic oxidation sites excluding steroid dienone is 3. The number of nitrogens with two attached hydrogens (primary N) is 1. The molecule has 108 valence electrons. The Morgan fingerprint density at radius 1 is 1.52 bits per heavy atom. The first-order chi connectivity index (χ1) is 9.93. The first-order valence-corrected chi connectivity index (χ1v) is 6.76. The Bertz CT molecular complexity index is 705. The zero-order valence-corrected chi connectivity index (χ0v) is 11.9. The monoisotopic (exact) mass is 284 g/mol. The van der Waals surface area contributed by atoms with E-state index < -0.39 is 5.92 Å². The van der Waals surface area contributed by atoms with Gasteiger partial charge in [-0.2, -0.15) is 10.4 Å². The third kappa shape index (κ3) is 2.11. The predicted molar refractivity (Wildman–Crippen MR) is 74.3 cm³/mol. The summed E-state index contributed by atoms with van der Waals surface area (Å²) in [6, 6.07) is 3.81. The number of carbonyl (C=O) groups excluding carboxylic acids is 1. The van der Waals surface area contributed by atoms with E-state index in [1.165, 1.54) is 0 Å². The van der Waals surface area contributed by atoms with Crippen molar-refractivity contribution in [2.75, 3.05) is 0 Å². The van der Waals surface area contributed by atoms with Crippen LogP contribution in [0.3, 0.4) is 0 Å². The Morgan fingerprint density at radius 2 is 2.29 bits per heavy atom. The summed E-state index contributed by atoms with van der Waals surface area (Å²) in [7, 11) is 0. The largest absolute Gasteiger partial charge is 0.444 e. The molecule has 21 heavy (non-hydrogen) atoms. The number of nitriles is 1. The van der Waals surface area contributed by atoms with E-state index in [4.69, 9.17) is 10.5 Å². The van der Waals surface area contributed by atoms with Crippen LogP contribution >= 0.6 is 0 Å². The number of aromatic amines is 1. The van der Waals surface area contributed by atoms with E-state index >= 15 is 0 Å². The summed E-state index contributed by atoms with van der Waals surface area (Å²) in [5.74, 6) is 0.139. The molecule has 2 heterocycles. The van der Waals surface area contributed by atoms with E-state index in [-0.39, 0.29) is 22.7 Å². The molecule has 6 heteroatoms. The van der Waals surface area contributed by atoms with Gasteiger partial charge in [0.05, 0.1) is 5.92 Å². The Balaban J connectivity index is 2.17. The minimum absolute atomic E-state index is 0.00102. The molecule has 6 nitrogen and oxygen atoms in total. The highest BCUT2D eigenvalue weighted by atomic mass is 16.5. The number of H-pyrrole nitrogens is 1. The maximum absolute atomic E-state index is 12.6. The summed E-state index contributed by atoms with van der Waals surface area (Å²) in [6.45, 7) is 4.03. The van der Waals surface area contributed by atoms with Crippen molar-refractivity contribution < 1.29 is 9.53 Å². The molecule has 0 radical (unpaired) electrons. The molecule has 3 rings (SSSR count). The second-order valence-corrected chi connectivity index (χ2v) is 6.21. The van der Waals surface area contributed by atoms with Gasteiger partial charge in [0.2, 0.25) is 5.88 Å². The van der Waals surface area contributed by atoms with Gasteiger partial charge in [0.25, 0.3) is 0 Å². The molecule has 0 bridgehead atoms. The number of nitrogens with one attached hydrogen (secondary N) is 1. The molecule has 1 atom stereocenters. The standard InChI is InChI=1S/C15H16N4O2/c1-15(2)5-10(20)13-11(6-15)21-14(17)8(7-16)12(13)9-3-4-18-19-9/h3-4,12H,5-6,17H2,1-2H3,(H,18,19). The molecule has 1 aliphatic carbocycles. The fraction of sp³-hybridized carbons (Fsp3) is 0.400. The number of Topliss-reactive ketones (excluding diaryl/α,β-unsaturated/α-hetero) is 1. The van der Waals surface area contributed by atoms with Crippen molar-refractivity contribution >= 4 is 5.78 Å². The number of rotatable bonds is 1. The fourth-order valence-corrected chi connectivity index (χ4v) is 3.02. The topological polar surface area (TPSA) is 105 Å². The quantitative estimate of drug-likeness (QED) is 0.819. The SMILES string of the molecule is CC1(C)CC(=O)C2=C(C1)OC(N)=C(C#N)C2c1ccn[nH]1. The van der Waals surface area contributed by atoms with Gasteiger partial charge in [0.1, 0.15) is 17.4 Å². The molecule has 0 aromatic carbocycles. The van der Waals surface area contributed by atoms with Crippen molar-refractivity contribution in [3.8, 4) is 6.07 Å². The maximum Gasteiger partial charge on any atom is 0.205 e. The van der Waals surface area contributed by atoms with E-state index in [1.54, 1.807) is 12.3 Å².